The van der Waals surface area contributed by atoms with E-state index in [1.165, 1.54) is 12.3 Å². The lowest BCUT2D eigenvalue weighted by Crippen LogP contribution is -2.36. The molecule has 1 aliphatic heterocycles. The summed E-state index contributed by atoms with van der Waals surface area (Å²) in [6, 6.07) is 1.41. The van der Waals surface area contributed by atoms with Crippen molar-refractivity contribution in [3.63, 3.8) is 0 Å². The monoisotopic (exact) mass is 332 g/mol. The van der Waals surface area contributed by atoms with Crippen LogP contribution in [0.1, 0.15) is 12.8 Å². The van der Waals surface area contributed by atoms with Gasteiger partial charge in [0.15, 0.2) is 0 Å². The molecule has 0 radical (unpaired) electrons. The van der Waals surface area contributed by atoms with Gasteiger partial charge in [-0.3, -0.25) is 0 Å². The number of sulfonamides is 1. The average molecular weight is 333 g/mol. The van der Waals surface area contributed by atoms with Crippen molar-refractivity contribution in [3.05, 3.63) is 17.3 Å². The molecule has 2 heterocycles. The van der Waals surface area contributed by atoms with Crippen LogP contribution in [0.4, 0.5) is 5.82 Å². The number of halogens is 1. The number of anilines is 1. The van der Waals surface area contributed by atoms with E-state index in [-0.39, 0.29) is 4.90 Å². The fourth-order valence-corrected chi connectivity index (χ4v) is 3.74. The Morgan fingerprint density at radius 3 is 2.67 bits per heavy atom. The van der Waals surface area contributed by atoms with Gasteiger partial charge in [-0.15, -0.1) is 0 Å². The lowest BCUT2D eigenvalue weighted by Gasteiger charge is -2.28. The van der Waals surface area contributed by atoms with Crippen molar-refractivity contribution in [2.75, 3.05) is 39.0 Å². The Kier molecular flexibility index (Phi) is 5.43. The number of pyridine rings is 1. The van der Waals surface area contributed by atoms with E-state index in [0.29, 0.717) is 23.3 Å². The molecule has 118 valence electrons. The van der Waals surface area contributed by atoms with Crippen molar-refractivity contribution in [2.45, 2.75) is 17.7 Å². The predicted octanol–water partition coefficient (Wildman–Crippen LogP) is 1.40. The first kappa shape index (κ1) is 16.5. The molecular formula is C13H21ClN4O2S. The Morgan fingerprint density at radius 2 is 2.10 bits per heavy atom. The Labute approximate surface area is 130 Å². The minimum absolute atomic E-state index is 0.0967. The zero-order valence-corrected chi connectivity index (χ0v) is 13.8. The second-order valence-electron chi connectivity index (χ2n) is 5.35. The summed E-state index contributed by atoms with van der Waals surface area (Å²) < 4.78 is 27.2. The van der Waals surface area contributed by atoms with E-state index in [1.54, 1.807) is 7.05 Å². The van der Waals surface area contributed by atoms with Crippen molar-refractivity contribution in [3.8, 4) is 0 Å². The summed E-state index contributed by atoms with van der Waals surface area (Å²) in [4.78, 5) is 6.35. The second-order valence-corrected chi connectivity index (χ2v) is 7.52. The van der Waals surface area contributed by atoms with Gasteiger partial charge >= 0.3 is 0 Å². The topological polar surface area (TPSA) is 74.3 Å². The van der Waals surface area contributed by atoms with Crippen LogP contribution in [0, 0.1) is 5.92 Å². The Hall–Kier alpha value is -0.890. The van der Waals surface area contributed by atoms with Crippen LogP contribution in [-0.4, -0.2) is 52.0 Å². The number of nitrogens with one attached hydrogen (secondary N) is 2. The van der Waals surface area contributed by atoms with Crippen LogP contribution in [0.25, 0.3) is 0 Å². The second kappa shape index (κ2) is 6.91. The lowest BCUT2D eigenvalue weighted by molar-refractivity contribution is 0.220. The number of nitrogens with zero attached hydrogens (tertiary/aromatic N) is 2. The molecule has 0 saturated carbocycles. The standard InChI is InChI=1S/C13H21ClN4O2S/c1-15-13-12(14)7-11(9-16-13)21(19,20)17-8-10-3-5-18(2)6-4-10/h7,9-10,17H,3-6,8H2,1-2H3,(H,15,16). The third kappa shape index (κ3) is 4.29. The third-order valence-corrected chi connectivity index (χ3v) is 5.44. The molecule has 1 aromatic rings. The Morgan fingerprint density at radius 1 is 1.43 bits per heavy atom. The molecule has 0 amide bonds. The van der Waals surface area contributed by atoms with Crippen LogP contribution in [0.15, 0.2) is 17.2 Å². The van der Waals surface area contributed by atoms with Crippen molar-refractivity contribution in [2.24, 2.45) is 5.92 Å². The van der Waals surface area contributed by atoms with E-state index in [1.807, 2.05) is 0 Å². The summed E-state index contributed by atoms with van der Waals surface area (Å²) in [7, 11) is 0.203. The molecule has 1 aliphatic rings. The summed E-state index contributed by atoms with van der Waals surface area (Å²) in [5.74, 6) is 0.849. The Balaban J connectivity index is 2.00. The predicted molar refractivity (Wildman–Crippen MR) is 84.2 cm³/mol. The molecule has 6 nitrogen and oxygen atoms in total. The molecule has 21 heavy (non-hydrogen) atoms. The highest BCUT2D eigenvalue weighted by Gasteiger charge is 2.21. The van der Waals surface area contributed by atoms with Crippen molar-refractivity contribution in [1.29, 1.82) is 0 Å². The molecule has 0 aromatic carbocycles. The lowest BCUT2D eigenvalue weighted by atomic mass is 9.98. The van der Waals surface area contributed by atoms with E-state index >= 15 is 0 Å². The number of piperidine rings is 1. The summed E-state index contributed by atoms with van der Waals surface area (Å²) in [5, 5.41) is 3.09. The van der Waals surface area contributed by atoms with Gasteiger partial charge in [-0.05, 0) is 45.0 Å². The number of hydrogen-bond acceptors (Lipinski definition) is 5. The Bertz CT molecular complexity index is 586. The largest absolute Gasteiger partial charge is 0.372 e. The highest BCUT2D eigenvalue weighted by molar-refractivity contribution is 7.89. The van der Waals surface area contributed by atoms with Crippen LogP contribution in [0.3, 0.4) is 0 Å². The smallest absolute Gasteiger partial charge is 0.242 e. The van der Waals surface area contributed by atoms with Gasteiger partial charge in [0, 0.05) is 19.8 Å². The first-order valence-electron chi connectivity index (χ1n) is 6.94. The highest BCUT2D eigenvalue weighted by Crippen LogP contribution is 2.22. The zero-order valence-electron chi connectivity index (χ0n) is 12.3. The fraction of sp³-hybridized carbons (Fsp3) is 0.615. The van der Waals surface area contributed by atoms with Crippen LogP contribution in [-0.2, 0) is 10.0 Å². The van der Waals surface area contributed by atoms with Gasteiger partial charge < -0.3 is 10.2 Å². The summed E-state index contributed by atoms with van der Waals surface area (Å²) in [5.41, 5.74) is 0. The third-order valence-electron chi connectivity index (χ3n) is 3.76. The van der Waals surface area contributed by atoms with Gasteiger partial charge in [0.05, 0.1) is 5.02 Å². The van der Waals surface area contributed by atoms with Crippen molar-refractivity contribution < 1.29 is 8.42 Å². The van der Waals surface area contributed by atoms with Gasteiger partial charge in [-0.25, -0.2) is 18.1 Å². The maximum Gasteiger partial charge on any atom is 0.242 e. The maximum absolute atomic E-state index is 12.3. The van der Waals surface area contributed by atoms with Gasteiger partial charge in [-0.1, -0.05) is 11.6 Å². The van der Waals surface area contributed by atoms with E-state index < -0.39 is 10.0 Å². The number of aromatic nitrogens is 1. The zero-order chi connectivity index (χ0) is 15.5. The van der Waals surface area contributed by atoms with Crippen molar-refractivity contribution in [1.82, 2.24) is 14.6 Å². The van der Waals surface area contributed by atoms with Gasteiger partial charge in [0.1, 0.15) is 10.7 Å². The van der Waals surface area contributed by atoms with Crippen LogP contribution in [0.2, 0.25) is 5.02 Å². The van der Waals surface area contributed by atoms with Gasteiger partial charge in [0.2, 0.25) is 10.0 Å². The maximum atomic E-state index is 12.3. The quantitative estimate of drug-likeness (QED) is 0.852. The van der Waals surface area contributed by atoms with E-state index in [0.717, 1.165) is 25.9 Å². The molecule has 1 fully saturated rings. The number of likely N-dealkylation sites (tertiary alicyclic amines) is 1. The number of rotatable bonds is 5. The molecule has 0 bridgehead atoms. The molecule has 1 aromatic heterocycles. The summed E-state index contributed by atoms with van der Waals surface area (Å²) in [6.07, 6.45) is 3.34. The first-order valence-corrected chi connectivity index (χ1v) is 8.80. The van der Waals surface area contributed by atoms with Crippen LogP contribution < -0.4 is 10.0 Å². The molecule has 0 spiro atoms. The molecule has 0 aliphatic carbocycles. The van der Waals surface area contributed by atoms with Gasteiger partial charge in [-0.2, -0.15) is 0 Å². The summed E-state index contributed by atoms with van der Waals surface area (Å²) in [6.45, 7) is 2.48. The number of hydrogen-bond donors (Lipinski definition) is 2. The van der Waals surface area contributed by atoms with Gasteiger partial charge in [0.25, 0.3) is 0 Å². The van der Waals surface area contributed by atoms with E-state index in [9.17, 15) is 8.42 Å². The average Bonchev–Trinajstić information content (AvgIpc) is 2.46. The molecule has 2 rings (SSSR count). The van der Waals surface area contributed by atoms with Crippen LogP contribution in [0.5, 0.6) is 0 Å². The first-order chi connectivity index (χ1) is 9.92. The van der Waals surface area contributed by atoms with E-state index in [2.05, 4.69) is 27.0 Å². The summed E-state index contributed by atoms with van der Waals surface area (Å²) >= 11 is 5.98. The minimum Gasteiger partial charge on any atom is -0.372 e. The van der Waals surface area contributed by atoms with E-state index in [4.69, 9.17) is 11.6 Å². The van der Waals surface area contributed by atoms with Crippen LogP contribution >= 0.6 is 11.6 Å². The molecule has 0 unspecified atom stereocenters. The molecule has 0 atom stereocenters. The molecule has 2 N–H and O–H groups in total. The molecular weight excluding hydrogens is 312 g/mol. The molecule has 8 heteroatoms. The van der Waals surface area contributed by atoms with Crippen molar-refractivity contribution >= 4 is 27.4 Å². The SMILES string of the molecule is CNc1ncc(S(=O)(=O)NCC2CCN(C)CC2)cc1Cl. The molecule has 1 saturated heterocycles. The fourth-order valence-electron chi connectivity index (χ4n) is 2.33. The minimum atomic E-state index is -3.56. The normalized spacial score (nSPS) is 17.9. The highest BCUT2D eigenvalue weighted by atomic mass is 35.5.